The second-order valence-electron chi connectivity index (χ2n) is 7.72. The molecule has 0 radical (unpaired) electrons. The van der Waals surface area contributed by atoms with Crippen molar-refractivity contribution >= 4 is 13.3 Å². The first-order chi connectivity index (χ1) is 11.2. The Balaban J connectivity index is 1.88. The van der Waals surface area contributed by atoms with Crippen LogP contribution in [0.25, 0.3) is 11.3 Å². The topological polar surface area (TPSA) is 3.88 Å². The zero-order valence-electron chi connectivity index (χ0n) is 14.6. The molecule has 0 N–H and O–H groups in total. The van der Waals surface area contributed by atoms with Gasteiger partial charge in [0.05, 0.1) is 8.07 Å². The van der Waals surface area contributed by atoms with Crippen LogP contribution >= 0.6 is 0 Å². The monoisotopic (exact) mass is 322 g/mol. The maximum absolute atomic E-state index is 2.61. The summed E-state index contributed by atoms with van der Waals surface area (Å²) in [6.45, 7) is 2.24. The van der Waals surface area contributed by atoms with Gasteiger partial charge in [0.25, 0.3) is 0 Å². The fourth-order valence-electron chi connectivity index (χ4n) is 5.02. The minimum Gasteiger partial charge on any atom is -0.201 e. The van der Waals surface area contributed by atoms with Gasteiger partial charge in [-0.15, -0.1) is 0 Å². The molecule has 2 aliphatic heterocycles. The molecule has 0 bridgehead atoms. The third kappa shape index (κ3) is 2.57. The standard InChI is InChI=1S/C21H28NSi/c1-17-9-4-5-11-19(17)20-15-21-18(16-22(20)2)10-8-14-23(21)12-6-3-7-13-23/h4-5,9,11,15-16H,3,6-8,10,12-14H2,1-2H3/q+1. The lowest BCUT2D eigenvalue weighted by atomic mass is 10.0. The molecule has 0 atom stereocenters. The van der Waals surface area contributed by atoms with Crippen LogP contribution in [-0.4, -0.2) is 8.07 Å². The molecular formula is C21H28NSi+. The Bertz CT molecular complexity index is 729. The van der Waals surface area contributed by atoms with Gasteiger partial charge in [0.15, 0.2) is 6.20 Å². The first-order valence-electron chi connectivity index (χ1n) is 9.29. The van der Waals surface area contributed by atoms with Crippen LogP contribution in [0.1, 0.15) is 36.8 Å². The van der Waals surface area contributed by atoms with Crippen molar-refractivity contribution in [1.82, 2.24) is 0 Å². The second kappa shape index (κ2) is 5.90. The fourth-order valence-corrected chi connectivity index (χ4v) is 10.6. The van der Waals surface area contributed by atoms with Crippen LogP contribution in [0.5, 0.6) is 0 Å². The molecule has 0 amide bonds. The highest BCUT2D eigenvalue weighted by Gasteiger charge is 2.41. The Morgan fingerprint density at radius 3 is 2.48 bits per heavy atom. The normalized spacial score (nSPS) is 19.6. The van der Waals surface area contributed by atoms with Crippen LogP contribution in [0.3, 0.4) is 0 Å². The van der Waals surface area contributed by atoms with E-state index in [1.165, 1.54) is 48.9 Å². The SMILES string of the molecule is Cc1ccccc1-c1cc2c(c[n+]1C)CCC[Si]21CCCCC1. The fraction of sp³-hybridized carbons (Fsp3) is 0.476. The van der Waals surface area contributed by atoms with Crippen molar-refractivity contribution in [2.75, 3.05) is 0 Å². The molecule has 4 rings (SSSR count). The molecular weight excluding hydrogens is 294 g/mol. The Morgan fingerprint density at radius 2 is 1.70 bits per heavy atom. The average Bonchev–Trinajstić information content (AvgIpc) is 2.56. The summed E-state index contributed by atoms with van der Waals surface area (Å²) in [5.41, 5.74) is 5.88. The lowest BCUT2D eigenvalue weighted by molar-refractivity contribution is -0.660. The van der Waals surface area contributed by atoms with E-state index >= 15 is 0 Å². The van der Waals surface area contributed by atoms with E-state index in [1.54, 1.807) is 23.7 Å². The molecule has 120 valence electrons. The minimum absolute atomic E-state index is 1.21. The maximum Gasteiger partial charge on any atom is 0.212 e. The summed E-state index contributed by atoms with van der Waals surface area (Å²) in [6.07, 6.45) is 9.61. The third-order valence-corrected chi connectivity index (χ3v) is 11.8. The molecule has 1 saturated heterocycles. The molecule has 0 unspecified atom stereocenters. The maximum atomic E-state index is 2.61. The van der Waals surface area contributed by atoms with E-state index in [0.717, 1.165) is 0 Å². The molecule has 0 saturated carbocycles. The molecule has 1 spiro atoms. The number of rotatable bonds is 1. The number of hydrogen-bond donors (Lipinski definition) is 0. The molecule has 23 heavy (non-hydrogen) atoms. The Hall–Kier alpha value is -1.41. The van der Waals surface area contributed by atoms with E-state index in [0.29, 0.717) is 0 Å². The Morgan fingerprint density at radius 1 is 0.957 bits per heavy atom. The zero-order valence-corrected chi connectivity index (χ0v) is 15.6. The minimum atomic E-state index is -1.21. The van der Waals surface area contributed by atoms with Crippen LogP contribution in [0.4, 0.5) is 0 Å². The molecule has 1 aromatic carbocycles. The molecule has 2 aromatic rings. The third-order valence-electron chi connectivity index (χ3n) is 6.26. The van der Waals surface area contributed by atoms with Crippen molar-refractivity contribution in [2.45, 2.75) is 57.2 Å². The summed E-state index contributed by atoms with van der Waals surface area (Å²) in [5.74, 6) is 0. The number of benzene rings is 1. The van der Waals surface area contributed by atoms with Crippen molar-refractivity contribution in [3.05, 3.63) is 47.7 Å². The average molecular weight is 323 g/mol. The van der Waals surface area contributed by atoms with Gasteiger partial charge in [-0.3, -0.25) is 0 Å². The van der Waals surface area contributed by atoms with Gasteiger partial charge in [0, 0.05) is 17.2 Å². The van der Waals surface area contributed by atoms with E-state index < -0.39 is 8.07 Å². The lowest BCUT2D eigenvalue weighted by Gasteiger charge is -2.39. The van der Waals surface area contributed by atoms with Gasteiger partial charge in [-0.1, -0.05) is 62.0 Å². The van der Waals surface area contributed by atoms with Gasteiger partial charge in [0.1, 0.15) is 7.05 Å². The highest BCUT2D eigenvalue weighted by Crippen LogP contribution is 2.37. The highest BCUT2D eigenvalue weighted by molar-refractivity contribution is 6.92. The van der Waals surface area contributed by atoms with Gasteiger partial charge < -0.3 is 0 Å². The van der Waals surface area contributed by atoms with E-state index in [1.807, 2.05) is 5.19 Å². The van der Waals surface area contributed by atoms with Crippen molar-refractivity contribution in [1.29, 1.82) is 0 Å². The van der Waals surface area contributed by atoms with Crippen molar-refractivity contribution < 1.29 is 4.57 Å². The quantitative estimate of drug-likeness (QED) is 0.545. The summed E-state index contributed by atoms with van der Waals surface area (Å²) in [4.78, 5) is 0. The Kier molecular flexibility index (Phi) is 3.88. The number of fused-ring (bicyclic) bond motifs is 2. The number of aromatic nitrogens is 1. The second-order valence-corrected chi connectivity index (χ2v) is 12.3. The van der Waals surface area contributed by atoms with Gasteiger partial charge in [-0.25, -0.2) is 4.57 Å². The number of aryl methyl sites for hydroxylation is 3. The van der Waals surface area contributed by atoms with E-state index in [-0.39, 0.29) is 0 Å². The molecule has 3 heterocycles. The summed E-state index contributed by atoms with van der Waals surface area (Å²) in [5, 5.41) is 1.82. The molecule has 2 heteroatoms. The summed E-state index contributed by atoms with van der Waals surface area (Å²) in [7, 11) is 1.02. The predicted molar refractivity (Wildman–Crippen MR) is 99.8 cm³/mol. The summed E-state index contributed by atoms with van der Waals surface area (Å²) in [6, 6.07) is 16.1. The van der Waals surface area contributed by atoms with Crippen LogP contribution in [0, 0.1) is 6.92 Å². The molecule has 1 nitrogen and oxygen atoms in total. The first-order valence-corrected chi connectivity index (χ1v) is 11.9. The van der Waals surface area contributed by atoms with Crippen LogP contribution in [0.15, 0.2) is 36.5 Å². The molecule has 2 aliphatic rings. The first kappa shape index (κ1) is 15.1. The van der Waals surface area contributed by atoms with Crippen LogP contribution < -0.4 is 9.75 Å². The lowest BCUT2D eigenvalue weighted by Crippen LogP contribution is -2.54. The predicted octanol–water partition coefficient (Wildman–Crippen LogP) is 4.27. The smallest absolute Gasteiger partial charge is 0.201 e. The number of pyridine rings is 1. The van der Waals surface area contributed by atoms with Crippen molar-refractivity contribution in [3.8, 4) is 11.3 Å². The Labute approximate surface area is 141 Å². The van der Waals surface area contributed by atoms with Crippen molar-refractivity contribution in [3.63, 3.8) is 0 Å². The van der Waals surface area contributed by atoms with Gasteiger partial charge in [0.2, 0.25) is 5.69 Å². The van der Waals surface area contributed by atoms with Crippen molar-refractivity contribution in [2.24, 2.45) is 7.05 Å². The molecule has 1 fully saturated rings. The van der Waals surface area contributed by atoms with E-state index in [9.17, 15) is 0 Å². The molecule has 0 aliphatic carbocycles. The highest BCUT2D eigenvalue weighted by atomic mass is 28.3. The van der Waals surface area contributed by atoms with Gasteiger partial charge in [-0.05, 0) is 30.2 Å². The van der Waals surface area contributed by atoms with Gasteiger partial charge in [-0.2, -0.15) is 0 Å². The largest absolute Gasteiger partial charge is 0.212 e. The van der Waals surface area contributed by atoms with E-state index in [2.05, 4.69) is 55.1 Å². The summed E-state index contributed by atoms with van der Waals surface area (Å²) >= 11 is 0. The van der Waals surface area contributed by atoms with E-state index in [4.69, 9.17) is 0 Å². The molecule has 1 aromatic heterocycles. The van der Waals surface area contributed by atoms with Crippen LogP contribution in [-0.2, 0) is 13.5 Å². The number of nitrogens with zero attached hydrogens (tertiary/aromatic N) is 1. The number of hydrogen-bond acceptors (Lipinski definition) is 0. The zero-order chi connectivity index (χ0) is 15.9. The van der Waals surface area contributed by atoms with Gasteiger partial charge >= 0.3 is 0 Å². The summed E-state index contributed by atoms with van der Waals surface area (Å²) < 4.78 is 2.37. The van der Waals surface area contributed by atoms with Crippen LogP contribution in [0.2, 0.25) is 18.1 Å².